The molecule has 0 spiro atoms. The van der Waals surface area contributed by atoms with Gasteiger partial charge in [0.25, 0.3) is 5.91 Å². The maximum absolute atomic E-state index is 13.4. The molecule has 2 atom stereocenters. The van der Waals surface area contributed by atoms with Crippen LogP contribution in [0.2, 0.25) is 0 Å². The lowest BCUT2D eigenvalue weighted by Gasteiger charge is -2.25. The number of benzene rings is 3. The molecule has 0 bridgehead atoms. The van der Waals surface area contributed by atoms with Gasteiger partial charge < -0.3 is 20.1 Å². The number of ether oxygens (including phenoxy) is 1. The van der Waals surface area contributed by atoms with E-state index in [1.807, 2.05) is 73.3 Å². The molecule has 1 amide bonds. The number of methoxy groups -OCH3 is 1. The van der Waals surface area contributed by atoms with Gasteiger partial charge in [0.15, 0.2) is 0 Å². The number of aryl methyl sites for hydroxylation is 1. The van der Waals surface area contributed by atoms with Crippen LogP contribution in [0.25, 0.3) is 11.1 Å². The lowest BCUT2D eigenvalue weighted by atomic mass is 9.93. The lowest BCUT2D eigenvalue weighted by molar-refractivity contribution is -0.139. The molecule has 0 aromatic heterocycles. The maximum atomic E-state index is 13.4. The summed E-state index contributed by atoms with van der Waals surface area (Å²) in [5.41, 5.74) is 3.90. The van der Waals surface area contributed by atoms with Crippen molar-refractivity contribution in [2.24, 2.45) is 0 Å². The van der Waals surface area contributed by atoms with E-state index in [-0.39, 0.29) is 12.2 Å². The first-order valence-electron chi connectivity index (χ1n) is 14.3. The fraction of sp³-hybridized carbons (Fsp3) is 0.394. The van der Waals surface area contributed by atoms with Crippen LogP contribution in [-0.4, -0.2) is 80.9 Å². The van der Waals surface area contributed by atoms with Gasteiger partial charge in [-0.1, -0.05) is 48.5 Å². The largest absolute Gasteiger partial charge is 0.480 e. The number of carbonyl (C=O) groups excluding carboxylic acids is 1. The second-order valence-electron chi connectivity index (χ2n) is 10.9. The van der Waals surface area contributed by atoms with Crippen LogP contribution in [0.1, 0.15) is 40.7 Å². The minimum Gasteiger partial charge on any atom is -0.480 e. The zero-order chi connectivity index (χ0) is 31.4. The molecule has 0 heterocycles. The minimum absolute atomic E-state index is 0.213. The van der Waals surface area contributed by atoms with E-state index < -0.39 is 27.8 Å². The van der Waals surface area contributed by atoms with Gasteiger partial charge in [0.1, 0.15) is 15.9 Å². The van der Waals surface area contributed by atoms with Crippen molar-refractivity contribution >= 4 is 33.5 Å². The monoisotopic (exact) mass is 626 g/mol. The van der Waals surface area contributed by atoms with E-state index in [4.69, 9.17) is 4.74 Å². The fourth-order valence-electron chi connectivity index (χ4n) is 4.87. The first kappa shape index (κ1) is 34.3. The highest BCUT2D eigenvalue weighted by atomic mass is 32.2. The number of carboxylic acid groups (broad SMARTS) is 1. The van der Waals surface area contributed by atoms with Gasteiger partial charge in [0, 0.05) is 48.8 Å². The van der Waals surface area contributed by atoms with E-state index in [2.05, 4.69) is 29.4 Å². The Morgan fingerprint density at radius 3 is 2.35 bits per heavy atom. The molecule has 0 aliphatic carbocycles. The molecule has 2 unspecified atom stereocenters. The number of hydrogen-bond donors (Lipinski definition) is 2. The maximum Gasteiger partial charge on any atom is 0.326 e. The van der Waals surface area contributed by atoms with Crippen LogP contribution in [0.4, 0.5) is 0 Å². The molecule has 0 aliphatic rings. The third-order valence-electron chi connectivity index (χ3n) is 7.03. The van der Waals surface area contributed by atoms with Crippen molar-refractivity contribution in [1.82, 2.24) is 10.2 Å². The number of thioether (sulfide) groups is 1. The zero-order valence-electron chi connectivity index (χ0n) is 25.3. The van der Waals surface area contributed by atoms with Crippen molar-refractivity contribution in [2.45, 2.75) is 48.9 Å². The Balaban J connectivity index is 1.84. The van der Waals surface area contributed by atoms with Crippen LogP contribution in [-0.2, 0) is 25.9 Å². The Bertz CT molecular complexity index is 1460. The third kappa shape index (κ3) is 11.4. The Morgan fingerprint density at radius 2 is 1.70 bits per heavy atom. The number of rotatable bonds is 17. The summed E-state index contributed by atoms with van der Waals surface area (Å²) in [6.07, 6.45) is 2.81. The number of carboxylic acids is 1. The minimum atomic E-state index is -3.39. The molecule has 0 radical (unpaired) electrons. The predicted molar refractivity (Wildman–Crippen MR) is 173 cm³/mol. The van der Waals surface area contributed by atoms with Gasteiger partial charge >= 0.3 is 5.97 Å². The Morgan fingerprint density at radius 1 is 1.00 bits per heavy atom. The first-order chi connectivity index (χ1) is 20.5. The fourth-order valence-corrected chi connectivity index (χ4v) is 6.85. The SMILES string of the molecule is COCCCC(CN(C)Cc1ccc(C(=O)NC(CCS(C)(=O)=O)C(=O)O)c(-c2ccccc2C)c1)Sc1ccccc1. The molecule has 232 valence electrons. The second kappa shape index (κ2) is 16.6. The number of sulfone groups is 1. The van der Waals surface area contributed by atoms with E-state index >= 15 is 0 Å². The second-order valence-corrected chi connectivity index (χ2v) is 14.5. The van der Waals surface area contributed by atoms with Crippen LogP contribution in [0, 0.1) is 6.92 Å². The van der Waals surface area contributed by atoms with Crippen LogP contribution in [0.15, 0.2) is 77.7 Å². The van der Waals surface area contributed by atoms with Gasteiger partial charge in [0.2, 0.25) is 0 Å². The van der Waals surface area contributed by atoms with Crippen molar-refractivity contribution in [1.29, 1.82) is 0 Å². The summed E-state index contributed by atoms with van der Waals surface area (Å²) < 4.78 is 28.5. The summed E-state index contributed by atoms with van der Waals surface area (Å²) in [5, 5.41) is 12.6. The smallest absolute Gasteiger partial charge is 0.326 e. The molecule has 2 N–H and O–H groups in total. The van der Waals surface area contributed by atoms with E-state index in [1.54, 1.807) is 13.2 Å². The molecular formula is C33H42N2O6S2. The van der Waals surface area contributed by atoms with Crippen molar-refractivity contribution in [2.75, 3.05) is 39.3 Å². The van der Waals surface area contributed by atoms with Gasteiger partial charge in [-0.25, -0.2) is 13.2 Å². The van der Waals surface area contributed by atoms with Crippen LogP contribution < -0.4 is 5.32 Å². The standard InChI is InChI=1S/C33H42N2O6S2/c1-24-11-8-9-15-28(24)30-21-25(16-17-29(30)32(36)34-31(33(37)38)18-20-43(4,39)40)22-35(2)23-27(14-10-19-41-3)42-26-12-6-5-7-13-26/h5-9,11-13,15-17,21,27,31H,10,14,18-20,22-23H2,1-4H3,(H,34,36)(H,37,38). The Hall–Kier alpha value is -3.18. The van der Waals surface area contributed by atoms with Gasteiger partial charge in [-0.05, 0) is 79.8 Å². The van der Waals surface area contributed by atoms with Gasteiger partial charge in [-0.2, -0.15) is 0 Å². The summed E-state index contributed by atoms with van der Waals surface area (Å²) in [6, 6.07) is 22.4. The quantitative estimate of drug-likeness (QED) is 0.153. The molecule has 43 heavy (non-hydrogen) atoms. The average molecular weight is 627 g/mol. The average Bonchev–Trinajstić information content (AvgIpc) is 2.95. The van der Waals surface area contributed by atoms with Gasteiger partial charge in [-0.3, -0.25) is 4.79 Å². The zero-order valence-corrected chi connectivity index (χ0v) is 26.9. The topological polar surface area (TPSA) is 113 Å². The molecular weight excluding hydrogens is 585 g/mol. The van der Waals surface area contributed by atoms with Crippen molar-refractivity contribution in [3.63, 3.8) is 0 Å². The lowest BCUT2D eigenvalue weighted by Crippen LogP contribution is -2.42. The van der Waals surface area contributed by atoms with Crippen LogP contribution in [0.3, 0.4) is 0 Å². The molecule has 3 aromatic rings. The summed E-state index contributed by atoms with van der Waals surface area (Å²) in [6.45, 7) is 4.19. The molecule has 0 saturated heterocycles. The van der Waals surface area contributed by atoms with E-state index in [1.165, 1.54) is 4.90 Å². The predicted octanol–water partition coefficient (Wildman–Crippen LogP) is 5.30. The number of nitrogens with zero attached hydrogens (tertiary/aromatic N) is 1. The molecule has 3 aromatic carbocycles. The molecule has 0 aliphatic heterocycles. The molecule has 3 rings (SSSR count). The summed E-state index contributed by atoms with van der Waals surface area (Å²) >= 11 is 1.86. The molecule has 8 nitrogen and oxygen atoms in total. The highest BCUT2D eigenvalue weighted by molar-refractivity contribution is 8.00. The van der Waals surface area contributed by atoms with E-state index in [9.17, 15) is 23.1 Å². The third-order valence-corrected chi connectivity index (χ3v) is 9.27. The van der Waals surface area contributed by atoms with Crippen molar-refractivity contribution in [3.8, 4) is 11.1 Å². The summed E-state index contributed by atoms with van der Waals surface area (Å²) in [7, 11) is 0.419. The Kier molecular flexibility index (Phi) is 13.3. The summed E-state index contributed by atoms with van der Waals surface area (Å²) in [5.74, 6) is -2.17. The van der Waals surface area contributed by atoms with Crippen LogP contribution in [0.5, 0.6) is 0 Å². The highest BCUT2D eigenvalue weighted by Gasteiger charge is 2.24. The number of amides is 1. The number of carbonyl (C=O) groups is 2. The molecule has 0 fully saturated rings. The Labute approximate surface area is 259 Å². The van der Waals surface area contributed by atoms with Crippen molar-refractivity contribution in [3.05, 3.63) is 89.5 Å². The highest BCUT2D eigenvalue weighted by Crippen LogP contribution is 2.30. The van der Waals surface area contributed by atoms with E-state index in [0.29, 0.717) is 22.9 Å². The molecule has 10 heteroatoms. The first-order valence-corrected chi connectivity index (χ1v) is 17.2. The number of nitrogens with one attached hydrogen (secondary N) is 1. The number of aliphatic carboxylic acids is 1. The number of hydrogen-bond acceptors (Lipinski definition) is 7. The van der Waals surface area contributed by atoms with E-state index in [0.717, 1.165) is 48.9 Å². The normalized spacial score (nSPS) is 13.0. The van der Waals surface area contributed by atoms with Gasteiger partial charge in [-0.15, -0.1) is 11.8 Å². The molecule has 0 saturated carbocycles. The summed E-state index contributed by atoms with van der Waals surface area (Å²) in [4.78, 5) is 28.8. The van der Waals surface area contributed by atoms with Crippen LogP contribution >= 0.6 is 11.8 Å². The van der Waals surface area contributed by atoms with Gasteiger partial charge in [0.05, 0.1) is 5.75 Å². The van der Waals surface area contributed by atoms with Crippen molar-refractivity contribution < 1.29 is 27.9 Å².